The highest BCUT2D eigenvalue weighted by atomic mass is 35.5. The summed E-state index contributed by atoms with van der Waals surface area (Å²) >= 11 is 5.82. The van der Waals surface area contributed by atoms with Gasteiger partial charge >= 0.3 is 0 Å². The number of aryl methyl sites for hydroxylation is 2. The molecule has 0 aliphatic carbocycles. The van der Waals surface area contributed by atoms with Crippen molar-refractivity contribution in [1.29, 1.82) is 0 Å². The maximum atomic E-state index is 5.82. The molecule has 0 bridgehead atoms. The standard InChI is InChI=1S/C13H14ClN3/c1-15-12-5-3-2-4-10(12)6-7-11-8-13(14)17-9-16-11/h2-5,8-9,15H,6-7H2,1H3. The fraction of sp³-hybridized carbons (Fsp3) is 0.231. The number of nitrogens with one attached hydrogen (secondary N) is 1. The predicted octanol–water partition coefficient (Wildman–Crippen LogP) is 2.96. The van der Waals surface area contributed by atoms with E-state index in [1.807, 2.05) is 25.2 Å². The third-order valence-electron chi connectivity index (χ3n) is 2.63. The van der Waals surface area contributed by atoms with E-state index in [9.17, 15) is 0 Å². The highest BCUT2D eigenvalue weighted by molar-refractivity contribution is 6.29. The molecule has 0 amide bonds. The van der Waals surface area contributed by atoms with Gasteiger partial charge in [0.15, 0.2) is 0 Å². The van der Waals surface area contributed by atoms with E-state index in [0.29, 0.717) is 5.15 Å². The molecule has 1 aromatic carbocycles. The number of hydrogen-bond acceptors (Lipinski definition) is 3. The van der Waals surface area contributed by atoms with Gasteiger partial charge in [-0.1, -0.05) is 29.8 Å². The SMILES string of the molecule is CNc1ccccc1CCc1cc(Cl)ncn1. The summed E-state index contributed by atoms with van der Waals surface area (Å²) in [4.78, 5) is 8.06. The Morgan fingerprint density at radius 1 is 1.18 bits per heavy atom. The Balaban J connectivity index is 2.07. The Labute approximate surface area is 106 Å². The number of hydrogen-bond donors (Lipinski definition) is 1. The van der Waals surface area contributed by atoms with E-state index in [2.05, 4.69) is 27.4 Å². The minimum atomic E-state index is 0.497. The monoisotopic (exact) mass is 247 g/mol. The van der Waals surface area contributed by atoms with E-state index >= 15 is 0 Å². The summed E-state index contributed by atoms with van der Waals surface area (Å²) < 4.78 is 0. The van der Waals surface area contributed by atoms with Crippen LogP contribution in [-0.4, -0.2) is 17.0 Å². The first-order valence-corrected chi connectivity index (χ1v) is 5.89. The molecule has 0 radical (unpaired) electrons. The molecule has 88 valence electrons. The summed E-state index contributed by atoms with van der Waals surface area (Å²) in [5.74, 6) is 0. The summed E-state index contributed by atoms with van der Waals surface area (Å²) in [7, 11) is 1.93. The number of para-hydroxylation sites is 1. The number of halogens is 1. The summed E-state index contributed by atoms with van der Waals surface area (Å²) in [6, 6.07) is 10.1. The summed E-state index contributed by atoms with van der Waals surface area (Å²) in [5.41, 5.74) is 3.41. The molecule has 1 aromatic heterocycles. The van der Waals surface area contributed by atoms with Crippen LogP contribution in [-0.2, 0) is 12.8 Å². The molecule has 0 unspecified atom stereocenters. The topological polar surface area (TPSA) is 37.8 Å². The molecule has 3 nitrogen and oxygen atoms in total. The van der Waals surface area contributed by atoms with E-state index in [0.717, 1.165) is 24.2 Å². The highest BCUT2D eigenvalue weighted by Gasteiger charge is 2.02. The van der Waals surface area contributed by atoms with Gasteiger partial charge in [0.2, 0.25) is 0 Å². The fourth-order valence-corrected chi connectivity index (χ4v) is 1.92. The largest absolute Gasteiger partial charge is 0.388 e. The Morgan fingerprint density at radius 2 is 2.00 bits per heavy atom. The summed E-state index contributed by atoms with van der Waals surface area (Å²) in [6.07, 6.45) is 3.30. The lowest BCUT2D eigenvalue weighted by atomic mass is 10.1. The van der Waals surface area contributed by atoms with Crippen LogP contribution in [0.25, 0.3) is 0 Å². The molecule has 1 N–H and O–H groups in total. The second-order valence-corrected chi connectivity index (χ2v) is 4.13. The lowest BCUT2D eigenvalue weighted by molar-refractivity contribution is 0.901. The van der Waals surface area contributed by atoms with Crippen LogP contribution in [0.4, 0.5) is 5.69 Å². The number of anilines is 1. The van der Waals surface area contributed by atoms with Crippen LogP contribution in [0.5, 0.6) is 0 Å². The van der Waals surface area contributed by atoms with Gasteiger partial charge in [-0.15, -0.1) is 0 Å². The van der Waals surface area contributed by atoms with Crippen molar-refractivity contribution < 1.29 is 0 Å². The number of benzene rings is 1. The van der Waals surface area contributed by atoms with E-state index in [1.165, 1.54) is 11.9 Å². The first kappa shape index (κ1) is 11.9. The molecule has 0 aliphatic rings. The zero-order chi connectivity index (χ0) is 12.1. The van der Waals surface area contributed by atoms with Crippen molar-refractivity contribution in [2.24, 2.45) is 0 Å². The van der Waals surface area contributed by atoms with Gasteiger partial charge < -0.3 is 5.32 Å². The van der Waals surface area contributed by atoms with Crippen molar-refractivity contribution in [2.75, 3.05) is 12.4 Å². The fourth-order valence-electron chi connectivity index (χ4n) is 1.75. The molecule has 4 heteroatoms. The second-order valence-electron chi connectivity index (χ2n) is 3.74. The average Bonchev–Trinajstić information content (AvgIpc) is 2.37. The van der Waals surface area contributed by atoms with E-state index < -0.39 is 0 Å². The lowest BCUT2D eigenvalue weighted by Crippen LogP contribution is -1.99. The van der Waals surface area contributed by atoms with Gasteiger partial charge in [-0.25, -0.2) is 9.97 Å². The minimum Gasteiger partial charge on any atom is -0.388 e. The van der Waals surface area contributed by atoms with Gasteiger partial charge in [0.25, 0.3) is 0 Å². The van der Waals surface area contributed by atoms with E-state index in [-0.39, 0.29) is 0 Å². The zero-order valence-corrected chi connectivity index (χ0v) is 10.4. The van der Waals surface area contributed by atoms with Crippen LogP contribution in [0.15, 0.2) is 36.7 Å². The lowest BCUT2D eigenvalue weighted by Gasteiger charge is -2.08. The molecule has 17 heavy (non-hydrogen) atoms. The van der Waals surface area contributed by atoms with Crippen LogP contribution in [0.3, 0.4) is 0 Å². The second kappa shape index (κ2) is 5.64. The smallest absolute Gasteiger partial charge is 0.132 e. The van der Waals surface area contributed by atoms with Gasteiger partial charge in [0.05, 0.1) is 0 Å². The molecular weight excluding hydrogens is 234 g/mol. The van der Waals surface area contributed by atoms with Crippen molar-refractivity contribution in [3.05, 3.63) is 53.1 Å². The van der Waals surface area contributed by atoms with Crippen LogP contribution in [0.1, 0.15) is 11.3 Å². The van der Waals surface area contributed by atoms with Gasteiger partial charge in [0, 0.05) is 18.4 Å². The van der Waals surface area contributed by atoms with E-state index in [1.54, 1.807) is 0 Å². The maximum Gasteiger partial charge on any atom is 0.132 e. The third-order valence-corrected chi connectivity index (χ3v) is 2.83. The van der Waals surface area contributed by atoms with Crippen molar-refractivity contribution in [3.63, 3.8) is 0 Å². The Kier molecular flexibility index (Phi) is 3.94. The van der Waals surface area contributed by atoms with Crippen molar-refractivity contribution in [2.45, 2.75) is 12.8 Å². The summed E-state index contributed by atoms with van der Waals surface area (Å²) in [5, 5.41) is 3.68. The Morgan fingerprint density at radius 3 is 2.76 bits per heavy atom. The zero-order valence-electron chi connectivity index (χ0n) is 9.65. The molecule has 0 aliphatic heterocycles. The molecule has 0 spiro atoms. The third kappa shape index (κ3) is 3.17. The first-order chi connectivity index (χ1) is 8.29. The van der Waals surface area contributed by atoms with Crippen molar-refractivity contribution in [3.8, 4) is 0 Å². The first-order valence-electron chi connectivity index (χ1n) is 5.51. The van der Waals surface area contributed by atoms with Crippen LogP contribution < -0.4 is 5.32 Å². The number of rotatable bonds is 4. The Bertz CT molecular complexity index is 500. The minimum absolute atomic E-state index is 0.497. The predicted molar refractivity (Wildman–Crippen MR) is 70.4 cm³/mol. The van der Waals surface area contributed by atoms with Gasteiger partial charge in [-0.3, -0.25) is 0 Å². The molecule has 2 aromatic rings. The van der Waals surface area contributed by atoms with Crippen molar-refractivity contribution in [1.82, 2.24) is 9.97 Å². The molecule has 1 heterocycles. The molecular formula is C13H14ClN3. The molecule has 0 fully saturated rings. The van der Waals surface area contributed by atoms with Crippen molar-refractivity contribution >= 4 is 17.3 Å². The van der Waals surface area contributed by atoms with Crippen LogP contribution in [0, 0.1) is 0 Å². The quantitative estimate of drug-likeness (QED) is 0.845. The van der Waals surface area contributed by atoms with E-state index in [4.69, 9.17) is 11.6 Å². The Hall–Kier alpha value is -1.61. The molecule has 2 rings (SSSR count). The van der Waals surface area contributed by atoms with Gasteiger partial charge in [0.1, 0.15) is 11.5 Å². The average molecular weight is 248 g/mol. The normalized spacial score (nSPS) is 10.2. The number of nitrogens with zero attached hydrogens (tertiary/aromatic N) is 2. The van der Waals surface area contributed by atoms with Crippen LogP contribution in [0.2, 0.25) is 5.15 Å². The maximum absolute atomic E-state index is 5.82. The highest BCUT2D eigenvalue weighted by Crippen LogP contribution is 2.16. The van der Waals surface area contributed by atoms with Gasteiger partial charge in [-0.05, 0) is 30.5 Å². The molecule has 0 saturated heterocycles. The molecule has 0 atom stereocenters. The summed E-state index contributed by atoms with van der Waals surface area (Å²) in [6.45, 7) is 0. The molecule has 0 saturated carbocycles. The van der Waals surface area contributed by atoms with Gasteiger partial charge in [-0.2, -0.15) is 0 Å². The van der Waals surface area contributed by atoms with Crippen LogP contribution >= 0.6 is 11.6 Å². The number of aromatic nitrogens is 2.